The van der Waals surface area contributed by atoms with Gasteiger partial charge in [0.15, 0.2) is 0 Å². The average Bonchev–Trinajstić information content (AvgIpc) is 2.44. The molecule has 0 aliphatic carbocycles. The van der Waals surface area contributed by atoms with Gasteiger partial charge in [-0.3, -0.25) is 24.3 Å². The minimum Gasteiger partial charge on any atom is -0.324 e. The van der Waals surface area contributed by atoms with Crippen molar-refractivity contribution in [3.63, 3.8) is 0 Å². The highest BCUT2D eigenvalue weighted by Gasteiger charge is 2.19. The number of nitro groups is 1. The summed E-state index contributed by atoms with van der Waals surface area (Å²) in [5.41, 5.74) is -1.51. The number of fused-ring (bicyclic) bond motifs is 1. The van der Waals surface area contributed by atoms with E-state index < -0.39 is 35.8 Å². The molecule has 0 spiro atoms. The van der Waals surface area contributed by atoms with E-state index in [-0.39, 0.29) is 35.7 Å². The lowest BCUT2D eigenvalue weighted by atomic mass is 10.1. The molecule has 0 unspecified atom stereocenters. The summed E-state index contributed by atoms with van der Waals surface area (Å²) in [5, 5.41) is 13.8. The number of aromatic amines is 2. The van der Waals surface area contributed by atoms with Crippen molar-refractivity contribution in [2.45, 2.75) is 19.5 Å². The molecule has 13 heteroatoms. The number of non-ortho nitro benzene ring substituents is 1. The molecule has 0 bridgehead atoms. The minimum atomic E-state index is -4.21. The van der Waals surface area contributed by atoms with Crippen molar-refractivity contribution in [3.05, 3.63) is 48.5 Å². The van der Waals surface area contributed by atoms with Gasteiger partial charge in [-0.25, -0.2) is 0 Å². The zero-order chi connectivity index (χ0) is 18.1. The average molecular weight is 395 g/mol. The van der Waals surface area contributed by atoms with Crippen molar-refractivity contribution in [2.75, 3.05) is 6.16 Å². The van der Waals surface area contributed by atoms with Crippen LogP contribution in [0.25, 0.3) is 11.0 Å². The van der Waals surface area contributed by atoms with Crippen molar-refractivity contribution in [1.29, 1.82) is 0 Å². The minimum absolute atomic E-state index is 0. The molecule has 1 atom stereocenters. The summed E-state index contributed by atoms with van der Waals surface area (Å²) in [4.78, 5) is 55.7. The van der Waals surface area contributed by atoms with Crippen LogP contribution in [0.15, 0.2) is 21.7 Å². The molecule has 0 fully saturated rings. The highest BCUT2D eigenvalue weighted by atomic mass is 35.5. The van der Waals surface area contributed by atoms with Crippen LogP contribution in [0.3, 0.4) is 0 Å². The predicted octanol–water partition coefficient (Wildman–Crippen LogP) is 0.202. The van der Waals surface area contributed by atoms with Crippen molar-refractivity contribution in [2.24, 2.45) is 0 Å². The maximum absolute atomic E-state index is 11.5. The summed E-state index contributed by atoms with van der Waals surface area (Å²) >= 11 is 0. The summed E-state index contributed by atoms with van der Waals surface area (Å²) < 4.78 is 11.0. The first-order chi connectivity index (χ1) is 11.1. The molecule has 0 saturated heterocycles. The first-order valence-corrected chi connectivity index (χ1v) is 8.58. The smallest absolute Gasteiger partial charge is 0.324 e. The second-order valence-corrected chi connectivity index (χ2v) is 7.02. The third kappa shape index (κ3) is 5.48. The van der Waals surface area contributed by atoms with Gasteiger partial charge >= 0.3 is 18.7 Å². The molecular weight excluding hydrogens is 379 g/mol. The van der Waals surface area contributed by atoms with Gasteiger partial charge in [-0.2, -0.15) is 0 Å². The number of nitrogens with one attached hydrogen (secondary N) is 3. The Bertz CT molecular complexity index is 951. The van der Waals surface area contributed by atoms with Gasteiger partial charge in [0.05, 0.1) is 22.1 Å². The molecule has 0 radical (unpaired) electrons. The topological polar surface area (TPSA) is 178 Å². The Morgan fingerprint density at radius 2 is 1.88 bits per heavy atom. The van der Waals surface area contributed by atoms with Crippen LogP contribution < -0.4 is 16.4 Å². The van der Waals surface area contributed by atoms with E-state index >= 15 is 0 Å². The van der Waals surface area contributed by atoms with E-state index in [0.29, 0.717) is 5.56 Å². The molecule has 0 aliphatic heterocycles. The molecule has 11 nitrogen and oxygen atoms in total. The molecule has 138 valence electrons. The number of hydrogen-bond donors (Lipinski definition) is 5. The highest BCUT2D eigenvalue weighted by Crippen LogP contribution is 2.34. The molecule has 2 rings (SSSR count). The molecule has 0 amide bonds. The van der Waals surface area contributed by atoms with Crippen LogP contribution in [0.5, 0.6) is 0 Å². The number of hydrogen-bond acceptors (Lipinski definition) is 6. The van der Waals surface area contributed by atoms with E-state index in [1.165, 1.54) is 6.07 Å². The fourth-order valence-corrected chi connectivity index (χ4v) is 3.07. The molecule has 0 aliphatic rings. The van der Waals surface area contributed by atoms with E-state index in [0.717, 1.165) is 6.07 Å². The van der Waals surface area contributed by atoms with Gasteiger partial charge in [-0.1, -0.05) is 0 Å². The van der Waals surface area contributed by atoms with Crippen LogP contribution in [0.2, 0.25) is 0 Å². The Hall–Kier alpha value is -2.04. The van der Waals surface area contributed by atoms with Crippen molar-refractivity contribution in [3.8, 4) is 0 Å². The first kappa shape index (κ1) is 21.0. The second-order valence-electron chi connectivity index (χ2n) is 5.32. The third-order valence-corrected chi connectivity index (χ3v) is 4.28. The normalized spacial score (nSPS) is 12.6. The summed E-state index contributed by atoms with van der Waals surface area (Å²) in [6.45, 7) is 1.55. The third-order valence-electron chi connectivity index (χ3n) is 3.26. The predicted molar refractivity (Wildman–Crippen MR) is 92.3 cm³/mol. The van der Waals surface area contributed by atoms with Crippen molar-refractivity contribution < 1.29 is 19.3 Å². The molecule has 1 heterocycles. The number of nitro benzene ring substituents is 1. The zero-order valence-electron chi connectivity index (χ0n) is 12.9. The monoisotopic (exact) mass is 394 g/mol. The lowest BCUT2D eigenvalue weighted by Crippen LogP contribution is -2.31. The standard InChI is InChI=1S/C12H15N4O7P.ClH/c1-6(5-24(21,22)23)13-4-7-2-8(16(19)20)3-9-10(7)15-12(18)11(17)14-9;/h2-3,6,13H,4-5H2,1H3,(H,14,17)(H,15,18)(H2,21,22,23);1H/t6-;/m1./s1. The van der Waals surface area contributed by atoms with E-state index in [1.807, 2.05) is 0 Å². The maximum Gasteiger partial charge on any atom is 0.327 e. The number of nitrogens with zero attached hydrogens (tertiary/aromatic N) is 1. The number of H-pyrrole nitrogens is 2. The highest BCUT2D eigenvalue weighted by molar-refractivity contribution is 7.51. The summed E-state index contributed by atoms with van der Waals surface area (Å²) in [6.07, 6.45) is -0.410. The fraction of sp³-hybridized carbons (Fsp3) is 0.333. The largest absolute Gasteiger partial charge is 0.327 e. The Kier molecular flexibility index (Phi) is 6.63. The van der Waals surface area contributed by atoms with Crippen molar-refractivity contribution in [1.82, 2.24) is 15.3 Å². The van der Waals surface area contributed by atoms with Gasteiger partial charge < -0.3 is 25.1 Å². The van der Waals surface area contributed by atoms with Gasteiger partial charge in [0.1, 0.15) is 0 Å². The number of rotatable bonds is 6. The van der Waals surface area contributed by atoms with E-state index in [2.05, 4.69) is 15.3 Å². The van der Waals surface area contributed by atoms with Gasteiger partial charge in [-0.15, -0.1) is 12.4 Å². The van der Waals surface area contributed by atoms with Gasteiger partial charge in [0, 0.05) is 24.7 Å². The fourth-order valence-electron chi connectivity index (χ4n) is 2.23. The lowest BCUT2D eigenvalue weighted by molar-refractivity contribution is -0.384. The first-order valence-electron chi connectivity index (χ1n) is 6.78. The molecule has 25 heavy (non-hydrogen) atoms. The number of benzene rings is 1. The Labute approximate surface area is 146 Å². The van der Waals surface area contributed by atoms with Crippen molar-refractivity contribution >= 4 is 36.7 Å². The zero-order valence-corrected chi connectivity index (χ0v) is 14.6. The van der Waals surface area contributed by atoms with E-state index in [1.54, 1.807) is 6.92 Å². The summed E-state index contributed by atoms with van der Waals surface area (Å²) in [7, 11) is -4.21. The van der Waals surface area contributed by atoms with E-state index in [4.69, 9.17) is 9.79 Å². The summed E-state index contributed by atoms with van der Waals surface area (Å²) in [6, 6.07) is 1.76. The van der Waals surface area contributed by atoms with Crippen LogP contribution in [0.1, 0.15) is 12.5 Å². The molecule has 2 aromatic rings. The quantitative estimate of drug-likeness (QED) is 0.199. The SMILES string of the molecule is C[C@H](CP(=O)(O)O)NCc1cc([N+](=O)[O-])cc2[nH]c(=O)c(=O)[nH]c12.Cl. The second kappa shape index (κ2) is 7.89. The number of aromatic nitrogens is 2. The van der Waals surface area contributed by atoms with Crippen LogP contribution in [-0.4, -0.2) is 36.9 Å². The molecule has 5 N–H and O–H groups in total. The van der Waals surface area contributed by atoms with Crippen LogP contribution in [0, 0.1) is 10.1 Å². The Balaban J connectivity index is 0.00000312. The molecule has 1 aromatic carbocycles. The number of halogens is 1. The van der Waals surface area contributed by atoms with Gasteiger partial charge in [-0.05, 0) is 12.5 Å². The Morgan fingerprint density at radius 3 is 2.44 bits per heavy atom. The van der Waals surface area contributed by atoms with Gasteiger partial charge in [0.25, 0.3) is 5.69 Å². The van der Waals surface area contributed by atoms with E-state index in [9.17, 15) is 24.3 Å². The van der Waals surface area contributed by atoms with Crippen LogP contribution >= 0.6 is 20.0 Å². The van der Waals surface area contributed by atoms with Crippen LogP contribution in [0.4, 0.5) is 5.69 Å². The summed E-state index contributed by atoms with van der Waals surface area (Å²) in [5.74, 6) is 0. The maximum atomic E-state index is 11.5. The molecule has 0 saturated carbocycles. The molecule has 1 aromatic heterocycles. The Morgan fingerprint density at radius 1 is 1.28 bits per heavy atom. The molecular formula is C12H16ClN4O7P. The lowest BCUT2D eigenvalue weighted by Gasteiger charge is -2.15. The van der Waals surface area contributed by atoms with Gasteiger partial charge in [0.2, 0.25) is 0 Å². The van der Waals surface area contributed by atoms with Crippen LogP contribution in [-0.2, 0) is 11.1 Å².